The third-order valence-corrected chi connectivity index (χ3v) is 4.18. The maximum atomic E-state index is 5.85. The fourth-order valence-corrected chi connectivity index (χ4v) is 3.40. The fraction of sp³-hybridized carbons (Fsp3) is 0.800. The molecule has 0 amide bonds. The number of nitrogen functional groups attached to an aromatic ring is 1. The second-order valence-electron chi connectivity index (χ2n) is 4.77. The van der Waals surface area contributed by atoms with Gasteiger partial charge in [-0.2, -0.15) is 0 Å². The molecule has 2 aliphatic rings. The van der Waals surface area contributed by atoms with Gasteiger partial charge in [0.05, 0.1) is 0 Å². The summed E-state index contributed by atoms with van der Waals surface area (Å²) >= 11 is 5.22. The number of nitrogens with two attached hydrogens (primary N) is 1. The predicted molar refractivity (Wildman–Crippen MR) is 64.7 cm³/mol. The molecule has 0 aromatic carbocycles. The Morgan fingerprint density at radius 2 is 2.19 bits per heavy atom. The van der Waals surface area contributed by atoms with E-state index in [1.807, 2.05) is 4.57 Å². The summed E-state index contributed by atoms with van der Waals surface area (Å²) in [6.07, 6.45) is 4.96. The number of hydrogen-bond donors (Lipinski definition) is 2. The molecule has 1 aromatic heterocycles. The molecule has 3 N–H and O–H groups in total. The zero-order valence-electron chi connectivity index (χ0n) is 9.22. The highest BCUT2D eigenvalue weighted by Gasteiger charge is 2.33. The van der Waals surface area contributed by atoms with E-state index in [1.54, 1.807) is 0 Å². The number of rotatable bonds is 1. The molecule has 2 saturated heterocycles. The molecule has 0 radical (unpaired) electrons. The first-order chi connectivity index (χ1) is 7.75. The first kappa shape index (κ1) is 10.3. The van der Waals surface area contributed by atoms with Crippen LogP contribution in [0, 0.1) is 4.77 Å². The average Bonchev–Trinajstić information content (AvgIpc) is 2.85. The van der Waals surface area contributed by atoms with Gasteiger partial charge in [0.1, 0.15) is 0 Å². The minimum Gasteiger partial charge on any atom is -0.368 e. The average molecular weight is 239 g/mol. The van der Waals surface area contributed by atoms with Gasteiger partial charge in [-0.3, -0.25) is 4.57 Å². The molecule has 0 aliphatic carbocycles. The van der Waals surface area contributed by atoms with Crippen LogP contribution in [0.5, 0.6) is 0 Å². The molecule has 3 heterocycles. The maximum Gasteiger partial charge on any atom is 0.220 e. The van der Waals surface area contributed by atoms with Crippen molar-refractivity contribution in [1.82, 2.24) is 19.7 Å². The third-order valence-electron chi connectivity index (χ3n) is 3.89. The maximum absolute atomic E-state index is 5.85. The van der Waals surface area contributed by atoms with Crippen LogP contribution in [-0.2, 0) is 0 Å². The minimum absolute atomic E-state index is 0.436. The Labute approximate surface area is 99.6 Å². The zero-order valence-corrected chi connectivity index (χ0v) is 10.0. The van der Waals surface area contributed by atoms with Gasteiger partial charge in [0.25, 0.3) is 0 Å². The molecule has 2 atom stereocenters. The number of hydrogen-bond acceptors (Lipinski definition) is 4. The van der Waals surface area contributed by atoms with Gasteiger partial charge in [-0.25, -0.2) is 5.10 Å². The zero-order chi connectivity index (χ0) is 11.1. The summed E-state index contributed by atoms with van der Waals surface area (Å²) < 4.78 is 2.65. The number of aromatic amines is 1. The summed E-state index contributed by atoms with van der Waals surface area (Å²) in [7, 11) is 0. The lowest BCUT2D eigenvalue weighted by Gasteiger charge is -2.35. The molecule has 1 aromatic rings. The van der Waals surface area contributed by atoms with Crippen LogP contribution >= 0.6 is 12.2 Å². The quantitative estimate of drug-likeness (QED) is 0.726. The highest BCUT2D eigenvalue weighted by molar-refractivity contribution is 7.71. The highest BCUT2D eigenvalue weighted by Crippen LogP contribution is 2.33. The summed E-state index contributed by atoms with van der Waals surface area (Å²) in [5.74, 6) is 0.529. The third kappa shape index (κ3) is 1.56. The highest BCUT2D eigenvalue weighted by atomic mass is 32.1. The predicted octanol–water partition coefficient (Wildman–Crippen LogP) is 1.32. The van der Waals surface area contributed by atoms with Crippen LogP contribution in [0.2, 0.25) is 0 Å². The van der Waals surface area contributed by atoms with E-state index >= 15 is 0 Å². The number of nitrogens with zero attached hydrogens (tertiary/aromatic N) is 3. The Balaban J connectivity index is 1.84. The first-order valence-corrected chi connectivity index (χ1v) is 6.33. The van der Waals surface area contributed by atoms with Crippen LogP contribution in [0.1, 0.15) is 31.7 Å². The van der Waals surface area contributed by atoms with Crippen molar-refractivity contribution in [3.63, 3.8) is 0 Å². The van der Waals surface area contributed by atoms with Crippen LogP contribution in [-0.4, -0.2) is 38.8 Å². The van der Waals surface area contributed by atoms with E-state index < -0.39 is 0 Å². The summed E-state index contributed by atoms with van der Waals surface area (Å²) in [5, 5.41) is 6.76. The van der Waals surface area contributed by atoms with Crippen LogP contribution in [0.3, 0.4) is 0 Å². The molecule has 16 heavy (non-hydrogen) atoms. The Kier molecular flexibility index (Phi) is 2.48. The molecule has 6 heteroatoms. The van der Waals surface area contributed by atoms with Crippen LogP contribution in [0.4, 0.5) is 5.95 Å². The number of aromatic nitrogens is 3. The van der Waals surface area contributed by atoms with E-state index in [4.69, 9.17) is 18.0 Å². The van der Waals surface area contributed by atoms with E-state index in [2.05, 4.69) is 15.1 Å². The molecule has 2 unspecified atom stereocenters. The normalized spacial score (nSPS) is 30.5. The van der Waals surface area contributed by atoms with Crippen LogP contribution in [0.15, 0.2) is 0 Å². The standard InChI is InChI=1S/C10H17N5S/c11-9-12-13-10(16)15(9)8-3-5-14-4-1-2-7(14)6-8/h7-8H,1-6H2,(H2,11,12)(H,13,16). The number of nitrogens with one attached hydrogen (secondary N) is 1. The van der Waals surface area contributed by atoms with Crippen molar-refractivity contribution < 1.29 is 0 Å². The van der Waals surface area contributed by atoms with Gasteiger partial charge < -0.3 is 10.6 Å². The van der Waals surface area contributed by atoms with Crippen molar-refractivity contribution in [3.8, 4) is 0 Å². The second kappa shape index (κ2) is 3.85. The van der Waals surface area contributed by atoms with Gasteiger partial charge in [0.2, 0.25) is 5.95 Å². The van der Waals surface area contributed by atoms with Gasteiger partial charge in [-0.1, -0.05) is 0 Å². The van der Waals surface area contributed by atoms with E-state index in [0.717, 1.165) is 18.9 Å². The summed E-state index contributed by atoms with van der Waals surface area (Å²) in [6.45, 7) is 2.44. The second-order valence-corrected chi connectivity index (χ2v) is 5.15. The fourth-order valence-electron chi connectivity index (χ4n) is 3.11. The largest absolute Gasteiger partial charge is 0.368 e. The van der Waals surface area contributed by atoms with Crippen LogP contribution < -0.4 is 5.73 Å². The van der Waals surface area contributed by atoms with Gasteiger partial charge in [0, 0.05) is 18.6 Å². The van der Waals surface area contributed by atoms with Gasteiger partial charge >= 0.3 is 0 Å². The van der Waals surface area contributed by atoms with Gasteiger partial charge in [-0.15, -0.1) is 5.10 Å². The number of piperidine rings is 1. The van der Waals surface area contributed by atoms with Crippen molar-refractivity contribution in [3.05, 3.63) is 4.77 Å². The molecule has 88 valence electrons. The Morgan fingerprint density at radius 1 is 1.31 bits per heavy atom. The van der Waals surface area contributed by atoms with Crippen molar-refractivity contribution in [2.45, 2.75) is 37.8 Å². The van der Waals surface area contributed by atoms with E-state index in [9.17, 15) is 0 Å². The molecule has 3 rings (SSSR count). The van der Waals surface area contributed by atoms with E-state index in [0.29, 0.717) is 16.8 Å². The van der Waals surface area contributed by atoms with Crippen molar-refractivity contribution in [1.29, 1.82) is 0 Å². The lowest BCUT2D eigenvalue weighted by molar-refractivity contribution is 0.155. The number of anilines is 1. The summed E-state index contributed by atoms with van der Waals surface area (Å²) in [5.41, 5.74) is 5.85. The number of fused-ring (bicyclic) bond motifs is 1. The molecule has 0 bridgehead atoms. The molecular formula is C10H17N5S. The Morgan fingerprint density at radius 3 is 2.94 bits per heavy atom. The summed E-state index contributed by atoms with van der Waals surface area (Å²) in [4.78, 5) is 2.59. The minimum atomic E-state index is 0.436. The van der Waals surface area contributed by atoms with Gasteiger partial charge in [-0.05, 0) is 44.4 Å². The Hall–Kier alpha value is -0.880. The lowest BCUT2D eigenvalue weighted by Crippen LogP contribution is -2.38. The van der Waals surface area contributed by atoms with Crippen molar-refractivity contribution in [2.75, 3.05) is 18.8 Å². The van der Waals surface area contributed by atoms with Crippen LogP contribution in [0.25, 0.3) is 0 Å². The topological polar surface area (TPSA) is 62.9 Å². The molecule has 2 aliphatic heterocycles. The monoisotopic (exact) mass is 239 g/mol. The number of H-pyrrole nitrogens is 1. The Bertz CT molecular complexity index is 437. The smallest absolute Gasteiger partial charge is 0.220 e. The molecule has 0 saturated carbocycles. The molecule has 2 fully saturated rings. The van der Waals surface area contributed by atoms with E-state index in [-0.39, 0.29) is 0 Å². The SMILES string of the molecule is Nc1n[nH]c(=S)n1C1CCN2CCCC2C1. The van der Waals surface area contributed by atoms with Gasteiger partial charge in [0.15, 0.2) is 4.77 Å². The van der Waals surface area contributed by atoms with Crippen molar-refractivity contribution >= 4 is 18.2 Å². The van der Waals surface area contributed by atoms with Crippen molar-refractivity contribution in [2.24, 2.45) is 0 Å². The first-order valence-electron chi connectivity index (χ1n) is 5.92. The summed E-state index contributed by atoms with van der Waals surface area (Å²) in [6, 6.07) is 1.17. The molecule has 0 spiro atoms. The van der Waals surface area contributed by atoms with E-state index in [1.165, 1.54) is 25.9 Å². The lowest BCUT2D eigenvalue weighted by atomic mass is 9.97. The molecular weight excluding hydrogens is 222 g/mol. The molecule has 5 nitrogen and oxygen atoms in total.